The first-order valence-corrected chi connectivity index (χ1v) is 8.60. The number of rotatable bonds is 5. The van der Waals surface area contributed by atoms with Gasteiger partial charge >= 0.3 is 0 Å². The highest BCUT2D eigenvalue weighted by Gasteiger charge is 2.39. The molecular weight excluding hydrogens is 368 g/mol. The van der Waals surface area contributed by atoms with Gasteiger partial charge in [-0.1, -0.05) is 23.7 Å². The Morgan fingerprint density at radius 3 is 2.37 bits per heavy atom. The summed E-state index contributed by atoms with van der Waals surface area (Å²) in [6.45, 7) is 3.73. The standard InChI is InChI=1S/C20H19ClN2O4/c1-11-5-6-12(2)15(9-11)23-19(24)17(21)18(20(23)25)22-14-8-7-13(26-3)10-16(14)27-4/h5-10,22H,1-4H3. The number of carbonyl (C=O) groups excluding carboxylic acids is 2. The molecule has 1 aliphatic rings. The number of amides is 2. The fraction of sp³-hybridized carbons (Fsp3) is 0.200. The normalized spacial score (nSPS) is 14.0. The molecular formula is C20H19ClN2O4. The van der Waals surface area contributed by atoms with Gasteiger partial charge in [-0.05, 0) is 43.2 Å². The van der Waals surface area contributed by atoms with Crippen molar-refractivity contribution in [3.05, 3.63) is 58.3 Å². The minimum atomic E-state index is -0.564. The van der Waals surface area contributed by atoms with Crippen LogP contribution in [-0.2, 0) is 9.59 Å². The number of methoxy groups -OCH3 is 2. The van der Waals surface area contributed by atoms with Crippen molar-refractivity contribution in [2.75, 3.05) is 24.4 Å². The summed E-state index contributed by atoms with van der Waals surface area (Å²) < 4.78 is 10.5. The first-order valence-electron chi connectivity index (χ1n) is 8.22. The van der Waals surface area contributed by atoms with Crippen LogP contribution in [0.15, 0.2) is 47.1 Å². The fourth-order valence-electron chi connectivity index (χ4n) is 2.83. The molecule has 2 amide bonds. The highest BCUT2D eigenvalue weighted by molar-refractivity contribution is 6.53. The van der Waals surface area contributed by atoms with E-state index in [1.807, 2.05) is 26.0 Å². The second-order valence-corrected chi connectivity index (χ2v) is 6.49. The van der Waals surface area contributed by atoms with Crippen LogP contribution in [0.5, 0.6) is 11.5 Å². The summed E-state index contributed by atoms with van der Waals surface area (Å²) in [5.41, 5.74) is 2.75. The van der Waals surface area contributed by atoms with Crippen LogP contribution in [0.1, 0.15) is 11.1 Å². The summed E-state index contributed by atoms with van der Waals surface area (Å²) in [5.74, 6) is -0.0259. The highest BCUT2D eigenvalue weighted by atomic mass is 35.5. The van der Waals surface area contributed by atoms with Crippen LogP contribution >= 0.6 is 11.6 Å². The van der Waals surface area contributed by atoms with Crippen LogP contribution < -0.4 is 19.7 Å². The number of ether oxygens (including phenoxy) is 2. The molecule has 1 aliphatic heterocycles. The average Bonchev–Trinajstić information content (AvgIpc) is 2.87. The van der Waals surface area contributed by atoms with Crippen molar-refractivity contribution in [1.82, 2.24) is 0 Å². The third-order valence-electron chi connectivity index (χ3n) is 4.30. The summed E-state index contributed by atoms with van der Waals surface area (Å²) in [6.07, 6.45) is 0. The van der Waals surface area contributed by atoms with E-state index in [-0.39, 0.29) is 10.7 Å². The van der Waals surface area contributed by atoms with Crippen LogP contribution in [0.25, 0.3) is 0 Å². The molecule has 140 valence electrons. The maximum atomic E-state index is 13.0. The lowest BCUT2D eigenvalue weighted by Gasteiger charge is -2.18. The first kappa shape index (κ1) is 18.8. The number of benzene rings is 2. The van der Waals surface area contributed by atoms with Gasteiger partial charge in [0.05, 0.1) is 25.6 Å². The Kier molecular flexibility index (Phi) is 5.10. The molecule has 3 rings (SSSR count). The molecule has 2 aromatic carbocycles. The van der Waals surface area contributed by atoms with E-state index in [0.29, 0.717) is 22.9 Å². The molecule has 0 aromatic heterocycles. The quantitative estimate of drug-likeness (QED) is 0.792. The zero-order valence-corrected chi connectivity index (χ0v) is 16.2. The molecule has 7 heteroatoms. The van der Waals surface area contributed by atoms with Crippen LogP contribution in [-0.4, -0.2) is 26.0 Å². The van der Waals surface area contributed by atoms with Gasteiger partial charge in [0.2, 0.25) is 0 Å². The van der Waals surface area contributed by atoms with E-state index in [4.69, 9.17) is 21.1 Å². The summed E-state index contributed by atoms with van der Waals surface area (Å²) in [7, 11) is 3.04. The second-order valence-electron chi connectivity index (χ2n) is 6.12. The predicted molar refractivity (Wildman–Crippen MR) is 104 cm³/mol. The van der Waals surface area contributed by atoms with Crippen molar-refractivity contribution in [2.24, 2.45) is 0 Å². The molecule has 0 bridgehead atoms. The average molecular weight is 387 g/mol. The predicted octanol–water partition coefficient (Wildman–Crippen LogP) is 3.76. The second kappa shape index (κ2) is 7.32. The van der Waals surface area contributed by atoms with Gasteiger partial charge in [0.25, 0.3) is 11.8 Å². The Morgan fingerprint density at radius 1 is 0.963 bits per heavy atom. The largest absolute Gasteiger partial charge is 0.497 e. The fourth-order valence-corrected chi connectivity index (χ4v) is 3.04. The highest BCUT2D eigenvalue weighted by Crippen LogP contribution is 2.35. The number of hydrogen-bond donors (Lipinski definition) is 1. The van der Waals surface area contributed by atoms with E-state index in [9.17, 15) is 9.59 Å². The van der Waals surface area contributed by atoms with Crippen molar-refractivity contribution >= 4 is 34.8 Å². The molecule has 0 fully saturated rings. The van der Waals surface area contributed by atoms with Crippen LogP contribution in [0.4, 0.5) is 11.4 Å². The Hall–Kier alpha value is -2.99. The number of hydrogen-bond acceptors (Lipinski definition) is 5. The number of nitrogens with zero attached hydrogens (tertiary/aromatic N) is 1. The molecule has 0 atom stereocenters. The summed E-state index contributed by atoms with van der Waals surface area (Å²) in [4.78, 5) is 26.7. The molecule has 0 saturated heterocycles. The van der Waals surface area contributed by atoms with E-state index >= 15 is 0 Å². The molecule has 0 spiro atoms. The lowest BCUT2D eigenvalue weighted by Crippen LogP contribution is -2.33. The Bertz CT molecular complexity index is 968. The smallest absolute Gasteiger partial charge is 0.283 e. The van der Waals surface area contributed by atoms with E-state index in [0.717, 1.165) is 16.0 Å². The van der Waals surface area contributed by atoms with E-state index in [1.165, 1.54) is 7.11 Å². The molecule has 0 radical (unpaired) electrons. The molecule has 1 N–H and O–H groups in total. The van der Waals surface area contributed by atoms with Crippen molar-refractivity contribution in [3.63, 3.8) is 0 Å². The molecule has 2 aromatic rings. The SMILES string of the molecule is COc1ccc(NC2=C(Cl)C(=O)N(c3cc(C)ccc3C)C2=O)c(OC)c1. The molecule has 27 heavy (non-hydrogen) atoms. The van der Waals surface area contributed by atoms with Crippen LogP contribution in [0.2, 0.25) is 0 Å². The van der Waals surface area contributed by atoms with E-state index in [1.54, 1.807) is 31.4 Å². The number of halogens is 1. The Labute approximate surface area is 162 Å². The topological polar surface area (TPSA) is 67.9 Å². The number of anilines is 2. The summed E-state index contributed by atoms with van der Waals surface area (Å²) in [5, 5.41) is 2.76. The zero-order valence-electron chi connectivity index (χ0n) is 15.4. The number of aryl methyl sites for hydroxylation is 2. The van der Waals surface area contributed by atoms with E-state index in [2.05, 4.69) is 5.32 Å². The number of carbonyl (C=O) groups is 2. The minimum absolute atomic E-state index is 0.00559. The number of imide groups is 1. The molecule has 0 unspecified atom stereocenters. The van der Waals surface area contributed by atoms with Gasteiger partial charge in [0.15, 0.2) is 0 Å². The summed E-state index contributed by atoms with van der Waals surface area (Å²) >= 11 is 6.20. The van der Waals surface area contributed by atoms with Gasteiger partial charge in [0.1, 0.15) is 22.2 Å². The van der Waals surface area contributed by atoms with Crippen molar-refractivity contribution in [3.8, 4) is 11.5 Å². The minimum Gasteiger partial charge on any atom is -0.497 e. The maximum Gasteiger partial charge on any atom is 0.283 e. The molecule has 0 aliphatic carbocycles. The third-order valence-corrected chi connectivity index (χ3v) is 4.65. The van der Waals surface area contributed by atoms with Crippen molar-refractivity contribution in [2.45, 2.75) is 13.8 Å². The monoisotopic (exact) mass is 386 g/mol. The van der Waals surface area contributed by atoms with Gasteiger partial charge in [-0.3, -0.25) is 9.59 Å². The van der Waals surface area contributed by atoms with Crippen LogP contribution in [0, 0.1) is 13.8 Å². The molecule has 1 heterocycles. The van der Waals surface area contributed by atoms with Gasteiger partial charge in [-0.15, -0.1) is 0 Å². The van der Waals surface area contributed by atoms with Gasteiger partial charge in [-0.2, -0.15) is 0 Å². The Balaban J connectivity index is 1.97. The lowest BCUT2D eigenvalue weighted by atomic mass is 10.1. The Morgan fingerprint density at radius 2 is 1.70 bits per heavy atom. The number of nitrogens with one attached hydrogen (secondary N) is 1. The first-order chi connectivity index (χ1) is 12.9. The maximum absolute atomic E-state index is 13.0. The van der Waals surface area contributed by atoms with Gasteiger partial charge in [0, 0.05) is 6.07 Å². The lowest BCUT2D eigenvalue weighted by molar-refractivity contribution is -0.120. The zero-order chi connectivity index (χ0) is 19.7. The van der Waals surface area contributed by atoms with Crippen LogP contribution in [0.3, 0.4) is 0 Å². The molecule has 0 saturated carbocycles. The van der Waals surface area contributed by atoms with E-state index < -0.39 is 11.8 Å². The van der Waals surface area contributed by atoms with Crippen molar-refractivity contribution in [1.29, 1.82) is 0 Å². The van der Waals surface area contributed by atoms with Gasteiger partial charge in [-0.25, -0.2) is 4.90 Å². The summed E-state index contributed by atoms with van der Waals surface area (Å²) in [6, 6.07) is 10.6. The third kappa shape index (κ3) is 3.36. The van der Waals surface area contributed by atoms with Gasteiger partial charge < -0.3 is 14.8 Å². The molecule has 6 nitrogen and oxygen atoms in total. The van der Waals surface area contributed by atoms with Crippen molar-refractivity contribution < 1.29 is 19.1 Å².